The molecule has 5 nitrogen and oxygen atoms in total. The Morgan fingerprint density at radius 2 is 1.62 bits per heavy atom. The number of amides is 2. The predicted octanol–water partition coefficient (Wildman–Crippen LogP) is 3.67. The van der Waals surface area contributed by atoms with Gasteiger partial charge in [0.1, 0.15) is 0 Å². The summed E-state index contributed by atoms with van der Waals surface area (Å²) in [5, 5.41) is 0.573. The monoisotopic (exact) mass is 371 g/mol. The fourth-order valence-electron chi connectivity index (χ4n) is 3.07. The van der Waals surface area contributed by atoms with Crippen LogP contribution in [-0.2, 0) is 9.53 Å². The van der Waals surface area contributed by atoms with Crippen molar-refractivity contribution in [1.82, 2.24) is 4.90 Å². The highest BCUT2D eigenvalue weighted by molar-refractivity contribution is 6.30. The van der Waals surface area contributed by atoms with E-state index in [1.807, 2.05) is 0 Å². The maximum atomic E-state index is 12.6. The first-order chi connectivity index (χ1) is 12.5. The van der Waals surface area contributed by atoms with Crippen molar-refractivity contribution < 1.29 is 19.1 Å². The molecule has 3 rings (SSSR count). The number of imide groups is 1. The van der Waals surface area contributed by atoms with Crippen molar-refractivity contribution in [1.29, 1.82) is 0 Å². The van der Waals surface area contributed by atoms with Gasteiger partial charge < -0.3 is 4.74 Å². The number of esters is 1. The molecule has 1 aliphatic heterocycles. The lowest BCUT2D eigenvalue weighted by molar-refractivity contribution is -0.143. The van der Waals surface area contributed by atoms with E-state index in [4.69, 9.17) is 16.3 Å². The Balaban J connectivity index is 1.86. The molecule has 0 saturated carbocycles. The molecule has 2 aromatic carbocycles. The van der Waals surface area contributed by atoms with Gasteiger partial charge >= 0.3 is 5.97 Å². The van der Waals surface area contributed by atoms with Crippen LogP contribution in [0.5, 0.6) is 0 Å². The van der Waals surface area contributed by atoms with E-state index >= 15 is 0 Å². The van der Waals surface area contributed by atoms with Crippen molar-refractivity contribution in [3.63, 3.8) is 0 Å². The lowest BCUT2D eigenvalue weighted by Gasteiger charge is -2.22. The summed E-state index contributed by atoms with van der Waals surface area (Å²) in [5.74, 6) is -1.42. The molecule has 1 aliphatic rings. The second-order valence-electron chi connectivity index (χ2n) is 6.02. The normalized spacial score (nSPS) is 14.3. The highest BCUT2D eigenvalue weighted by Gasteiger charge is 2.37. The van der Waals surface area contributed by atoms with Gasteiger partial charge in [0.05, 0.1) is 24.2 Å². The molecule has 1 heterocycles. The van der Waals surface area contributed by atoms with Gasteiger partial charge in [-0.2, -0.15) is 0 Å². The largest absolute Gasteiger partial charge is 0.466 e. The average Bonchev–Trinajstić information content (AvgIpc) is 2.87. The summed E-state index contributed by atoms with van der Waals surface area (Å²) in [6.07, 6.45) is 0.0723. The summed E-state index contributed by atoms with van der Waals surface area (Å²) in [4.78, 5) is 38.4. The van der Waals surface area contributed by atoms with Gasteiger partial charge in [0.25, 0.3) is 11.8 Å². The Hall–Kier alpha value is -2.66. The van der Waals surface area contributed by atoms with Crippen molar-refractivity contribution >= 4 is 29.4 Å². The van der Waals surface area contributed by atoms with E-state index in [0.29, 0.717) is 16.1 Å². The third-order valence-electron chi connectivity index (χ3n) is 4.34. The van der Waals surface area contributed by atoms with Crippen LogP contribution in [0.3, 0.4) is 0 Å². The third kappa shape index (κ3) is 3.63. The molecule has 134 valence electrons. The zero-order chi connectivity index (χ0) is 18.7. The SMILES string of the molecule is CCOC(=O)CC(CN1C(=O)c2ccccc2C1=O)c1ccc(Cl)cc1. The number of ether oxygens (including phenoxy) is 1. The Labute approximate surface area is 156 Å². The molecule has 0 aromatic heterocycles. The maximum Gasteiger partial charge on any atom is 0.306 e. The second kappa shape index (κ2) is 7.70. The minimum absolute atomic E-state index is 0.0723. The summed E-state index contributed by atoms with van der Waals surface area (Å²) < 4.78 is 5.04. The van der Waals surface area contributed by atoms with Gasteiger partial charge in [-0.25, -0.2) is 0 Å². The first kappa shape index (κ1) is 18.1. The fraction of sp³-hybridized carbons (Fsp3) is 0.250. The number of benzene rings is 2. The molecule has 0 saturated heterocycles. The topological polar surface area (TPSA) is 63.7 Å². The summed E-state index contributed by atoms with van der Waals surface area (Å²) in [7, 11) is 0. The first-order valence-corrected chi connectivity index (χ1v) is 8.75. The van der Waals surface area contributed by atoms with Crippen molar-refractivity contribution in [3.8, 4) is 0 Å². The Morgan fingerprint density at radius 3 is 2.15 bits per heavy atom. The van der Waals surface area contributed by atoms with Crippen LogP contribution in [-0.4, -0.2) is 35.8 Å². The van der Waals surface area contributed by atoms with Gasteiger partial charge in [-0.15, -0.1) is 0 Å². The van der Waals surface area contributed by atoms with E-state index in [2.05, 4.69) is 0 Å². The minimum Gasteiger partial charge on any atom is -0.466 e. The molecule has 0 aliphatic carbocycles. The number of carbonyl (C=O) groups is 3. The van der Waals surface area contributed by atoms with Crippen molar-refractivity contribution in [2.45, 2.75) is 19.3 Å². The van der Waals surface area contributed by atoms with E-state index in [0.717, 1.165) is 5.56 Å². The Kier molecular flexibility index (Phi) is 5.38. The van der Waals surface area contributed by atoms with Crippen LogP contribution >= 0.6 is 11.6 Å². The molecule has 0 spiro atoms. The molecule has 26 heavy (non-hydrogen) atoms. The van der Waals surface area contributed by atoms with E-state index in [9.17, 15) is 14.4 Å². The standard InChI is InChI=1S/C20H18ClNO4/c1-2-26-18(23)11-14(13-7-9-15(21)10-8-13)12-22-19(24)16-5-3-4-6-17(16)20(22)25/h3-10,14H,2,11-12H2,1H3. The zero-order valence-electron chi connectivity index (χ0n) is 14.3. The minimum atomic E-state index is -0.371. The Bertz CT molecular complexity index is 812. The van der Waals surface area contributed by atoms with E-state index in [-0.39, 0.29) is 43.3 Å². The number of halogens is 1. The second-order valence-corrected chi connectivity index (χ2v) is 6.46. The number of hydrogen-bond acceptors (Lipinski definition) is 4. The van der Waals surface area contributed by atoms with Gasteiger partial charge in [0.15, 0.2) is 0 Å². The van der Waals surface area contributed by atoms with Crippen LogP contribution in [0.1, 0.15) is 45.5 Å². The lowest BCUT2D eigenvalue weighted by Crippen LogP contribution is -2.34. The van der Waals surface area contributed by atoms with Crippen molar-refractivity contribution in [3.05, 3.63) is 70.2 Å². The zero-order valence-corrected chi connectivity index (χ0v) is 15.0. The summed E-state index contributed by atoms with van der Waals surface area (Å²) in [6, 6.07) is 13.8. The maximum absolute atomic E-state index is 12.6. The molecular weight excluding hydrogens is 354 g/mol. The highest BCUT2D eigenvalue weighted by atomic mass is 35.5. The molecule has 0 radical (unpaired) electrons. The van der Waals surface area contributed by atoms with Crippen LogP contribution in [0.4, 0.5) is 0 Å². The summed E-state index contributed by atoms with van der Waals surface area (Å²) in [5.41, 5.74) is 1.60. The van der Waals surface area contributed by atoms with Crippen LogP contribution in [0.25, 0.3) is 0 Å². The average molecular weight is 372 g/mol. The van der Waals surface area contributed by atoms with Gasteiger partial charge in [-0.05, 0) is 36.8 Å². The van der Waals surface area contributed by atoms with Gasteiger partial charge in [-0.1, -0.05) is 35.9 Å². The molecule has 6 heteroatoms. The van der Waals surface area contributed by atoms with Crippen LogP contribution in [0.2, 0.25) is 5.02 Å². The Morgan fingerprint density at radius 1 is 1.04 bits per heavy atom. The predicted molar refractivity (Wildman–Crippen MR) is 97.3 cm³/mol. The van der Waals surface area contributed by atoms with Crippen LogP contribution < -0.4 is 0 Å². The molecule has 1 atom stereocenters. The molecule has 0 N–H and O–H groups in total. The third-order valence-corrected chi connectivity index (χ3v) is 4.59. The summed E-state index contributed by atoms with van der Waals surface area (Å²) in [6.45, 7) is 2.12. The molecule has 0 bridgehead atoms. The van der Waals surface area contributed by atoms with Crippen molar-refractivity contribution in [2.24, 2.45) is 0 Å². The van der Waals surface area contributed by atoms with E-state index in [1.54, 1.807) is 55.5 Å². The smallest absolute Gasteiger partial charge is 0.306 e. The number of fused-ring (bicyclic) bond motifs is 1. The summed E-state index contributed by atoms with van der Waals surface area (Å²) >= 11 is 5.94. The lowest BCUT2D eigenvalue weighted by atomic mass is 9.95. The quantitative estimate of drug-likeness (QED) is 0.574. The van der Waals surface area contributed by atoms with Crippen LogP contribution in [0, 0.1) is 0 Å². The van der Waals surface area contributed by atoms with Gasteiger partial charge in [0, 0.05) is 17.5 Å². The first-order valence-electron chi connectivity index (χ1n) is 8.37. The van der Waals surface area contributed by atoms with Crippen molar-refractivity contribution in [2.75, 3.05) is 13.2 Å². The van der Waals surface area contributed by atoms with Crippen LogP contribution in [0.15, 0.2) is 48.5 Å². The fourth-order valence-corrected chi connectivity index (χ4v) is 3.20. The number of hydrogen-bond donors (Lipinski definition) is 0. The molecule has 2 amide bonds. The van der Waals surface area contributed by atoms with E-state index < -0.39 is 0 Å². The number of carbonyl (C=O) groups excluding carboxylic acids is 3. The van der Waals surface area contributed by atoms with Gasteiger partial charge in [0.2, 0.25) is 0 Å². The van der Waals surface area contributed by atoms with E-state index in [1.165, 1.54) is 4.90 Å². The molecule has 0 fully saturated rings. The van der Waals surface area contributed by atoms with Gasteiger partial charge in [-0.3, -0.25) is 19.3 Å². The number of rotatable bonds is 6. The molecular formula is C20H18ClNO4. The molecule has 1 unspecified atom stereocenters. The molecule has 2 aromatic rings. The highest BCUT2D eigenvalue weighted by Crippen LogP contribution is 2.28. The number of nitrogens with zero attached hydrogens (tertiary/aromatic N) is 1.